The number of hydrogen-bond acceptors (Lipinski definition) is 4. The van der Waals surface area contributed by atoms with E-state index in [2.05, 4.69) is 53.2 Å². The van der Waals surface area contributed by atoms with Gasteiger partial charge in [0.25, 0.3) is 0 Å². The van der Waals surface area contributed by atoms with Crippen molar-refractivity contribution < 1.29 is 4.74 Å². The number of rotatable bonds is 4. The van der Waals surface area contributed by atoms with Crippen molar-refractivity contribution in [2.75, 3.05) is 39.4 Å². The Kier molecular flexibility index (Phi) is 7.31. The summed E-state index contributed by atoms with van der Waals surface area (Å²) in [5.74, 6) is 0. The smallest absolute Gasteiger partial charge is 0.0594 e. The van der Waals surface area contributed by atoms with Crippen LogP contribution in [-0.4, -0.2) is 61.3 Å². The fourth-order valence-electron chi connectivity index (χ4n) is 3.54. The maximum absolute atomic E-state index is 5.43. The largest absolute Gasteiger partial charge is 0.379 e. The molecule has 0 radical (unpaired) electrons. The van der Waals surface area contributed by atoms with Crippen LogP contribution in [0.1, 0.15) is 25.0 Å². The van der Waals surface area contributed by atoms with Crippen LogP contribution < -0.4 is 5.32 Å². The zero-order chi connectivity index (χ0) is 15.4. The van der Waals surface area contributed by atoms with Crippen LogP contribution in [-0.2, 0) is 17.8 Å². The molecule has 4 nitrogen and oxygen atoms in total. The molecule has 1 aromatic rings. The first-order valence-corrected chi connectivity index (χ1v) is 8.57. The Morgan fingerprint density at radius 3 is 2.30 bits per heavy atom. The van der Waals surface area contributed by atoms with Crippen molar-refractivity contribution >= 4 is 12.4 Å². The lowest BCUT2D eigenvalue weighted by molar-refractivity contribution is 0.0341. The molecule has 2 heterocycles. The number of morpholine rings is 1. The van der Waals surface area contributed by atoms with Crippen molar-refractivity contribution in [3.05, 3.63) is 35.4 Å². The minimum absolute atomic E-state index is 0. The van der Waals surface area contributed by atoms with E-state index in [9.17, 15) is 0 Å². The van der Waals surface area contributed by atoms with Gasteiger partial charge in [0.15, 0.2) is 0 Å². The number of benzene rings is 1. The third-order valence-electron chi connectivity index (χ3n) is 4.88. The molecule has 2 aliphatic heterocycles. The minimum Gasteiger partial charge on any atom is -0.379 e. The molecule has 0 spiro atoms. The fourth-order valence-corrected chi connectivity index (χ4v) is 3.54. The second-order valence-electron chi connectivity index (χ2n) is 6.74. The van der Waals surface area contributed by atoms with Crippen molar-refractivity contribution in [3.8, 4) is 0 Å². The molecule has 2 saturated heterocycles. The van der Waals surface area contributed by atoms with E-state index in [1.165, 1.54) is 11.1 Å². The number of ether oxygens (including phenoxy) is 1. The summed E-state index contributed by atoms with van der Waals surface area (Å²) in [6.45, 7) is 12.8. The molecule has 0 bridgehead atoms. The second-order valence-corrected chi connectivity index (χ2v) is 6.74. The van der Waals surface area contributed by atoms with Crippen LogP contribution >= 0.6 is 12.4 Å². The molecule has 0 aromatic heterocycles. The third-order valence-corrected chi connectivity index (χ3v) is 4.88. The summed E-state index contributed by atoms with van der Waals surface area (Å²) >= 11 is 0. The van der Waals surface area contributed by atoms with Crippen molar-refractivity contribution in [3.63, 3.8) is 0 Å². The van der Waals surface area contributed by atoms with Gasteiger partial charge in [-0.05, 0) is 25.0 Å². The monoisotopic (exact) mass is 339 g/mol. The lowest BCUT2D eigenvalue weighted by Gasteiger charge is -2.39. The van der Waals surface area contributed by atoms with E-state index in [1.54, 1.807) is 0 Å². The number of piperazine rings is 1. The van der Waals surface area contributed by atoms with Gasteiger partial charge in [0.1, 0.15) is 0 Å². The number of hydrogen-bond donors (Lipinski definition) is 1. The Labute approximate surface area is 146 Å². The molecule has 0 unspecified atom stereocenters. The van der Waals surface area contributed by atoms with Gasteiger partial charge in [0, 0.05) is 51.4 Å². The quantitative estimate of drug-likeness (QED) is 0.909. The van der Waals surface area contributed by atoms with Crippen molar-refractivity contribution in [1.29, 1.82) is 0 Å². The van der Waals surface area contributed by atoms with Gasteiger partial charge in [-0.25, -0.2) is 0 Å². The molecule has 1 N–H and O–H groups in total. The number of nitrogens with one attached hydrogen (secondary N) is 1. The zero-order valence-electron chi connectivity index (χ0n) is 14.3. The summed E-state index contributed by atoms with van der Waals surface area (Å²) in [5.41, 5.74) is 2.86. The van der Waals surface area contributed by atoms with Gasteiger partial charge in [0.05, 0.1) is 13.2 Å². The molecule has 0 saturated carbocycles. The summed E-state index contributed by atoms with van der Waals surface area (Å²) < 4.78 is 5.43. The lowest BCUT2D eigenvalue weighted by atomic mass is 10.1. The Hall–Kier alpha value is -0.650. The Morgan fingerprint density at radius 1 is 1.04 bits per heavy atom. The van der Waals surface area contributed by atoms with Gasteiger partial charge in [0.2, 0.25) is 0 Å². The molecule has 2 fully saturated rings. The summed E-state index contributed by atoms with van der Waals surface area (Å²) in [6, 6.07) is 10.3. The highest BCUT2D eigenvalue weighted by molar-refractivity contribution is 5.85. The molecule has 5 heteroatoms. The van der Waals surface area contributed by atoms with Crippen LogP contribution in [0, 0.1) is 0 Å². The first kappa shape index (κ1) is 18.7. The molecule has 23 heavy (non-hydrogen) atoms. The fraction of sp³-hybridized carbons (Fsp3) is 0.667. The molecular weight excluding hydrogens is 310 g/mol. The lowest BCUT2D eigenvalue weighted by Crippen LogP contribution is -2.54. The van der Waals surface area contributed by atoms with Crippen LogP contribution in [0.2, 0.25) is 0 Å². The minimum atomic E-state index is 0. The van der Waals surface area contributed by atoms with Crippen LogP contribution in [0.25, 0.3) is 0 Å². The average Bonchev–Trinajstić information content (AvgIpc) is 2.53. The third kappa shape index (κ3) is 5.16. The molecule has 0 aliphatic carbocycles. The van der Waals surface area contributed by atoms with Gasteiger partial charge in [-0.15, -0.1) is 12.4 Å². The van der Waals surface area contributed by atoms with Crippen LogP contribution in [0.15, 0.2) is 24.3 Å². The summed E-state index contributed by atoms with van der Waals surface area (Å²) in [5, 5.41) is 3.51. The van der Waals surface area contributed by atoms with E-state index in [4.69, 9.17) is 4.74 Å². The Balaban J connectivity index is 0.00000192. The Bertz CT molecular complexity index is 469. The molecule has 1 aromatic carbocycles. The van der Waals surface area contributed by atoms with E-state index >= 15 is 0 Å². The van der Waals surface area contributed by atoms with Crippen molar-refractivity contribution in [2.45, 2.75) is 39.0 Å². The standard InChI is InChI=1S/C18H29N3O.ClH/c1-15-11-19-12-16(2)21(15)14-18-5-3-4-17(10-18)13-20-6-8-22-9-7-20;/h3-5,10,15-16,19H,6-9,11-14H2,1-2H3;1H/t15-,16+;. The highest BCUT2D eigenvalue weighted by Gasteiger charge is 2.24. The normalized spacial score (nSPS) is 26.7. The van der Waals surface area contributed by atoms with E-state index in [-0.39, 0.29) is 12.4 Å². The number of nitrogens with zero attached hydrogens (tertiary/aromatic N) is 2. The molecule has 130 valence electrons. The van der Waals surface area contributed by atoms with E-state index in [0.29, 0.717) is 12.1 Å². The zero-order valence-corrected chi connectivity index (χ0v) is 15.1. The SMILES string of the molecule is C[C@@H]1CNC[C@H](C)N1Cc1cccc(CN2CCOCC2)c1.Cl. The second kappa shape index (κ2) is 9.00. The summed E-state index contributed by atoms with van der Waals surface area (Å²) in [7, 11) is 0. The summed E-state index contributed by atoms with van der Waals surface area (Å²) in [4.78, 5) is 5.10. The molecular formula is C18H30ClN3O. The van der Waals surface area contributed by atoms with E-state index < -0.39 is 0 Å². The van der Waals surface area contributed by atoms with E-state index in [0.717, 1.165) is 52.5 Å². The van der Waals surface area contributed by atoms with Gasteiger partial charge in [-0.3, -0.25) is 9.80 Å². The summed E-state index contributed by atoms with van der Waals surface area (Å²) in [6.07, 6.45) is 0. The highest BCUT2D eigenvalue weighted by atomic mass is 35.5. The van der Waals surface area contributed by atoms with Crippen LogP contribution in [0.3, 0.4) is 0 Å². The topological polar surface area (TPSA) is 27.7 Å². The molecule has 2 aliphatic rings. The molecule has 2 atom stereocenters. The maximum Gasteiger partial charge on any atom is 0.0594 e. The van der Waals surface area contributed by atoms with Gasteiger partial charge >= 0.3 is 0 Å². The predicted molar refractivity (Wildman–Crippen MR) is 97.1 cm³/mol. The maximum atomic E-state index is 5.43. The Morgan fingerprint density at radius 2 is 1.65 bits per heavy atom. The van der Waals surface area contributed by atoms with Crippen molar-refractivity contribution in [1.82, 2.24) is 15.1 Å². The molecule has 3 rings (SSSR count). The predicted octanol–water partition coefficient (Wildman–Crippen LogP) is 2.12. The average molecular weight is 340 g/mol. The van der Waals surface area contributed by atoms with Crippen LogP contribution in [0.4, 0.5) is 0 Å². The first-order chi connectivity index (χ1) is 10.7. The van der Waals surface area contributed by atoms with Gasteiger partial charge in [-0.1, -0.05) is 24.3 Å². The van der Waals surface area contributed by atoms with Crippen molar-refractivity contribution in [2.24, 2.45) is 0 Å². The molecule has 0 amide bonds. The number of halogens is 1. The van der Waals surface area contributed by atoms with E-state index in [1.807, 2.05) is 0 Å². The first-order valence-electron chi connectivity index (χ1n) is 8.57. The van der Waals surface area contributed by atoms with Crippen LogP contribution in [0.5, 0.6) is 0 Å². The van der Waals surface area contributed by atoms with Gasteiger partial charge in [-0.2, -0.15) is 0 Å². The van der Waals surface area contributed by atoms with Gasteiger partial charge < -0.3 is 10.1 Å². The highest BCUT2D eigenvalue weighted by Crippen LogP contribution is 2.17.